The number of aryl methyl sites for hydroxylation is 1. The molecule has 1 aromatic rings. The maximum Gasteiger partial charge on any atom is 0.271 e. The third-order valence-electron chi connectivity index (χ3n) is 4.71. The highest BCUT2D eigenvalue weighted by Crippen LogP contribution is 2.22. The van der Waals surface area contributed by atoms with Gasteiger partial charge in [-0.3, -0.25) is 14.9 Å². The lowest BCUT2D eigenvalue weighted by Crippen LogP contribution is -2.94. The highest BCUT2D eigenvalue weighted by molar-refractivity contribution is 5.94. The summed E-state index contributed by atoms with van der Waals surface area (Å²) in [6.07, 6.45) is 3.91. The van der Waals surface area contributed by atoms with E-state index in [2.05, 4.69) is 19.2 Å². The summed E-state index contributed by atoms with van der Waals surface area (Å²) in [5, 5.41) is 26.5. The van der Waals surface area contributed by atoms with Gasteiger partial charge in [0.2, 0.25) is 5.91 Å². The van der Waals surface area contributed by atoms with Crippen LogP contribution in [-0.2, 0) is 9.59 Å². The van der Waals surface area contributed by atoms with Gasteiger partial charge in [-0.05, 0) is 25.3 Å². The number of anilines is 1. The molecule has 150 valence electrons. The van der Waals surface area contributed by atoms with Gasteiger partial charge in [0.1, 0.15) is 6.04 Å². The molecule has 1 aromatic carbocycles. The number of carboxylic acids is 1. The molecule has 8 heteroatoms. The van der Waals surface area contributed by atoms with Crippen LogP contribution < -0.4 is 15.7 Å². The van der Waals surface area contributed by atoms with Gasteiger partial charge in [-0.2, -0.15) is 0 Å². The van der Waals surface area contributed by atoms with Gasteiger partial charge in [0.05, 0.1) is 29.5 Å². The number of hydrogen-bond donors (Lipinski definition) is 2. The van der Waals surface area contributed by atoms with Crippen LogP contribution in [0, 0.1) is 23.0 Å². The van der Waals surface area contributed by atoms with Crippen molar-refractivity contribution in [1.29, 1.82) is 0 Å². The highest BCUT2D eigenvalue weighted by atomic mass is 16.6. The average molecular weight is 379 g/mol. The van der Waals surface area contributed by atoms with E-state index in [1.54, 1.807) is 12.2 Å². The first-order valence-corrected chi connectivity index (χ1v) is 9.37. The monoisotopic (exact) mass is 379 g/mol. The van der Waals surface area contributed by atoms with Gasteiger partial charge in [0.25, 0.3) is 5.69 Å². The second-order valence-corrected chi connectivity index (χ2v) is 6.82. The molecule has 0 unspecified atom stereocenters. The molecule has 8 nitrogen and oxygen atoms in total. The molecule has 0 aliphatic heterocycles. The maximum atomic E-state index is 12.3. The summed E-state index contributed by atoms with van der Waals surface area (Å²) >= 11 is 0. The minimum Gasteiger partial charge on any atom is -0.544 e. The molecule has 2 atom stereocenters. The number of amides is 1. The van der Waals surface area contributed by atoms with Gasteiger partial charge in [0, 0.05) is 18.1 Å². The van der Waals surface area contributed by atoms with Crippen LogP contribution in [0.1, 0.15) is 51.5 Å². The topological polar surface area (TPSA) is 129 Å². The molecule has 0 heterocycles. The Balaban J connectivity index is 2.69. The van der Waals surface area contributed by atoms with Gasteiger partial charge >= 0.3 is 0 Å². The molecule has 1 amide bonds. The van der Waals surface area contributed by atoms with Crippen LogP contribution in [0.15, 0.2) is 18.2 Å². The quantitative estimate of drug-likeness (QED) is 0.415. The third-order valence-corrected chi connectivity index (χ3v) is 4.71. The number of carbonyl (C=O) groups excluding carboxylic acids is 2. The Bertz CT molecular complexity index is 663. The minimum atomic E-state index is -1.29. The van der Waals surface area contributed by atoms with Crippen LogP contribution in [0.4, 0.5) is 11.4 Å². The molecule has 0 fully saturated rings. The van der Waals surface area contributed by atoms with Crippen molar-refractivity contribution >= 4 is 23.3 Å². The summed E-state index contributed by atoms with van der Waals surface area (Å²) in [6.45, 7) is 6.51. The number of nitrogens with zero attached hydrogens (tertiary/aromatic N) is 1. The molecule has 0 saturated carbocycles. The molecule has 0 aromatic heterocycles. The Morgan fingerprint density at radius 2 is 2.00 bits per heavy atom. The fourth-order valence-electron chi connectivity index (χ4n) is 2.86. The normalized spacial score (nSPS) is 13.0. The van der Waals surface area contributed by atoms with E-state index in [4.69, 9.17) is 0 Å². The first-order valence-electron chi connectivity index (χ1n) is 9.37. The van der Waals surface area contributed by atoms with Crippen molar-refractivity contribution in [3.05, 3.63) is 33.9 Å². The SMILES string of the molecule is CCCC[C@@H](CC)C[NH2+][C@@H](CC(=O)Nc1cc([N+](=O)[O-])ccc1C)C(=O)[O-]. The van der Waals surface area contributed by atoms with E-state index in [0.717, 1.165) is 25.7 Å². The summed E-state index contributed by atoms with van der Waals surface area (Å²) in [4.78, 5) is 34.0. The van der Waals surface area contributed by atoms with Crippen molar-refractivity contribution < 1.29 is 24.9 Å². The molecule has 0 radical (unpaired) electrons. The van der Waals surface area contributed by atoms with Crippen molar-refractivity contribution in [2.75, 3.05) is 11.9 Å². The van der Waals surface area contributed by atoms with E-state index in [1.807, 2.05) is 0 Å². The number of quaternary nitrogens is 1. The number of unbranched alkanes of at least 4 members (excludes halogenated alkanes) is 1. The van der Waals surface area contributed by atoms with E-state index in [9.17, 15) is 24.8 Å². The zero-order valence-electron chi connectivity index (χ0n) is 16.2. The first-order chi connectivity index (χ1) is 12.8. The molecule has 0 aliphatic carbocycles. The number of nitro benzene ring substituents is 1. The second kappa shape index (κ2) is 11.3. The van der Waals surface area contributed by atoms with Crippen LogP contribution in [-0.4, -0.2) is 29.4 Å². The van der Waals surface area contributed by atoms with E-state index in [-0.39, 0.29) is 12.1 Å². The Labute approximate surface area is 159 Å². The first kappa shape index (κ1) is 22.6. The predicted octanol–water partition coefficient (Wildman–Crippen LogP) is 1.13. The van der Waals surface area contributed by atoms with Gasteiger partial charge in [-0.1, -0.05) is 32.8 Å². The van der Waals surface area contributed by atoms with Crippen molar-refractivity contribution in [1.82, 2.24) is 0 Å². The van der Waals surface area contributed by atoms with Crippen LogP contribution in [0.5, 0.6) is 0 Å². The fourth-order valence-corrected chi connectivity index (χ4v) is 2.86. The summed E-state index contributed by atoms with van der Waals surface area (Å²) in [5.41, 5.74) is 0.829. The third kappa shape index (κ3) is 7.74. The Hall–Kier alpha value is -2.48. The highest BCUT2D eigenvalue weighted by Gasteiger charge is 2.21. The summed E-state index contributed by atoms with van der Waals surface area (Å²) in [6, 6.07) is 3.17. The average Bonchev–Trinajstić information content (AvgIpc) is 2.62. The van der Waals surface area contributed by atoms with Crippen molar-refractivity contribution in [2.45, 2.75) is 58.9 Å². The number of nitrogens with two attached hydrogens (primary N) is 1. The number of carboxylic acid groups (broad SMARTS) is 1. The number of benzene rings is 1. The van der Waals surface area contributed by atoms with Crippen molar-refractivity contribution in [3.8, 4) is 0 Å². The predicted molar refractivity (Wildman–Crippen MR) is 100.0 cm³/mol. The lowest BCUT2D eigenvalue weighted by molar-refractivity contribution is -0.687. The smallest absolute Gasteiger partial charge is 0.271 e. The summed E-state index contributed by atoms with van der Waals surface area (Å²) in [5.74, 6) is -1.40. The fraction of sp³-hybridized carbons (Fsp3) is 0.579. The molecule has 0 aliphatic rings. The van der Waals surface area contributed by atoms with Crippen molar-refractivity contribution in [2.24, 2.45) is 5.92 Å². The number of rotatable bonds is 12. The molecule has 0 spiro atoms. The molecule has 1 rings (SSSR count). The zero-order valence-corrected chi connectivity index (χ0v) is 16.2. The van der Waals surface area contributed by atoms with Gasteiger partial charge in [-0.25, -0.2) is 0 Å². The van der Waals surface area contributed by atoms with Gasteiger partial charge < -0.3 is 20.5 Å². The number of hydrogen-bond acceptors (Lipinski definition) is 5. The second-order valence-electron chi connectivity index (χ2n) is 6.82. The van der Waals surface area contributed by atoms with Crippen LogP contribution >= 0.6 is 0 Å². The van der Waals surface area contributed by atoms with Crippen molar-refractivity contribution in [3.63, 3.8) is 0 Å². The lowest BCUT2D eigenvalue weighted by atomic mass is 9.99. The lowest BCUT2D eigenvalue weighted by Gasteiger charge is -2.20. The van der Waals surface area contributed by atoms with E-state index in [1.165, 1.54) is 18.2 Å². The number of aliphatic carboxylic acids is 1. The number of nitro groups is 1. The standard InChI is InChI=1S/C19H29N3O5/c1-4-6-7-14(5-2)12-20-17(19(24)25)11-18(23)21-16-10-15(22(26)27)9-8-13(16)3/h8-10,14,17,20H,4-7,11-12H2,1-3H3,(H,21,23)(H,24,25)/t14-,17+/m1/s1. The zero-order chi connectivity index (χ0) is 20.4. The molecular weight excluding hydrogens is 350 g/mol. The number of carbonyl (C=O) groups is 2. The Morgan fingerprint density at radius 3 is 2.56 bits per heavy atom. The summed E-state index contributed by atoms with van der Waals surface area (Å²) < 4.78 is 0. The van der Waals surface area contributed by atoms with Gasteiger partial charge in [0.15, 0.2) is 0 Å². The van der Waals surface area contributed by atoms with Crippen LogP contribution in [0.3, 0.4) is 0 Å². The van der Waals surface area contributed by atoms with E-state index in [0.29, 0.717) is 23.7 Å². The Morgan fingerprint density at radius 1 is 1.30 bits per heavy atom. The molecule has 3 N–H and O–H groups in total. The molecule has 0 bridgehead atoms. The Kier molecular flexibility index (Phi) is 9.42. The van der Waals surface area contributed by atoms with Crippen LogP contribution in [0.25, 0.3) is 0 Å². The van der Waals surface area contributed by atoms with Gasteiger partial charge in [-0.15, -0.1) is 0 Å². The molecular formula is C19H29N3O5. The molecule has 0 saturated heterocycles. The number of non-ortho nitro benzene ring substituents is 1. The minimum absolute atomic E-state index is 0.138. The molecule has 27 heavy (non-hydrogen) atoms. The number of nitrogens with one attached hydrogen (secondary N) is 1. The van der Waals surface area contributed by atoms with E-state index < -0.39 is 22.8 Å². The maximum absolute atomic E-state index is 12.3. The van der Waals surface area contributed by atoms with E-state index >= 15 is 0 Å². The summed E-state index contributed by atoms with van der Waals surface area (Å²) in [7, 11) is 0. The largest absolute Gasteiger partial charge is 0.544 e. The van der Waals surface area contributed by atoms with Crippen LogP contribution in [0.2, 0.25) is 0 Å².